The van der Waals surface area contributed by atoms with Crippen molar-refractivity contribution in [2.75, 3.05) is 13.6 Å². The van der Waals surface area contributed by atoms with E-state index in [-0.39, 0.29) is 0 Å². The minimum Gasteiger partial charge on any atom is -0.296 e. The standard InChI is InChI=1S/C6H13NO/c1-3-6-4-5-7(2)8-6/h6H,3-5H2,1-2H3. The molecule has 0 aromatic heterocycles. The Morgan fingerprint density at radius 3 is 2.75 bits per heavy atom. The van der Waals surface area contributed by atoms with Crippen LogP contribution in [0.2, 0.25) is 0 Å². The van der Waals surface area contributed by atoms with Crippen LogP contribution in [-0.4, -0.2) is 24.8 Å². The Morgan fingerprint density at radius 2 is 2.50 bits per heavy atom. The Kier molecular flexibility index (Phi) is 1.86. The first-order valence-corrected chi connectivity index (χ1v) is 3.21. The lowest BCUT2D eigenvalue weighted by Gasteiger charge is -2.07. The van der Waals surface area contributed by atoms with E-state index in [1.165, 1.54) is 6.42 Å². The Labute approximate surface area is 50.4 Å². The fourth-order valence-electron chi connectivity index (χ4n) is 0.964. The van der Waals surface area contributed by atoms with Crippen LogP contribution in [0.15, 0.2) is 0 Å². The Morgan fingerprint density at radius 1 is 1.75 bits per heavy atom. The van der Waals surface area contributed by atoms with Crippen LogP contribution in [0, 0.1) is 0 Å². The van der Waals surface area contributed by atoms with E-state index < -0.39 is 0 Å². The summed E-state index contributed by atoms with van der Waals surface area (Å²) in [4.78, 5) is 5.34. The first kappa shape index (κ1) is 6.05. The molecular formula is C6H13NO. The first-order chi connectivity index (χ1) is 3.83. The molecule has 1 heterocycles. The number of rotatable bonds is 1. The monoisotopic (exact) mass is 115 g/mol. The average molecular weight is 115 g/mol. The van der Waals surface area contributed by atoms with E-state index in [1.54, 1.807) is 0 Å². The van der Waals surface area contributed by atoms with E-state index >= 15 is 0 Å². The van der Waals surface area contributed by atoms with Crippen molar-refractivity contribution in [2.24, 2.45) is 0 Å². The zero-order chi connectivity index (χ0) is 5.98. The van der Waals surface area contributed by atoms with Crippen LogP contribution in [0.25, 0.3) is 0 Å². The summed E-state index contributed by atoms with van der Waals surface area (Å²) in [5, 5.41) is 1.91. The fourth-order valence-corrected chi connectivity index (χ4v) is 0.964. The fraction of sp³-hybridized carbons (Fsp3) is 1.00. The molecular weight excluding hydrogens is 102 g/mol. The van der Waals surface area contributed by atoms with E-state index in [4.69, 9.17) is 4.84 Å². The second-order valence-electron chi connectivity index (χ2n) is 2.28. The molecule has 0 aromatic carbocycles. The summed E-state index contributed by atoms with van der Waals surface area (Å²) in [6, 6.07) is 0. The minimum atomic E-state index is 0.500. The Bertz CT molecular complexity index is 74.9. The van der Waals surface area contributed by atoms with Crippen molar-refractivity contribution in [1.82, 2.24) is 5.06 Å². The molecule has 1 unspecified atom stereocenters. The Hall–Kier alpha value is -0.0800. The summed E-state index contributed by atoms with van der Waals surface area (Å²) in [6.07, 6.45) is 2.84. The molecule has 1 aliphatic rings. The number of nitrogens with zero attached hydrogens (tertiary/aromatic N) is 1. The quantitative estimate of drug-likeness (QED) is 0.506. The van der Waals surface area contributed by atoms with Crippen LogP contribution in [0.1, 0.15) is 19.8 Å². The van der Waals surface area contributed by atoms with Crippen molar-refractivity contribution in [1.29, 1.82) is 0 Å². The van der Waals surface area contributed by atoms with Gasteiger partial charge in [-0.15, -0.1) is 0 Å². The van der Waals surface area contributed by atoms with E-state index in [0.29, 0.717) is 6.10 Å². The van der Waals surface area contributed by atoms with E-state index in [1.807, 2.05) is 12.1 Å². The highest BCUT2D eigenvalue weighted by Crippen LogP contribution is 2.12. The molecule has 1 fully saturated rings. The molecule has 2 heteroatoms. The smallest absolute Gasteiger partial charge is 0.0803 e. The van der Waals surface area contributed by atoms with Gasteiger partial charge in [-0.05, 0) is 12.8 Å². The molecule has 2 nitrogen and oxygen atoms in total. The van der Waals surface area contributed by atoms with Crippen molar-refractivity contribution < 1.29 is 4.84 Å². The number of hydrogen-bond donors (Lipinski definition) is 0. The lowest BCUT2D eigenvalue weighted by atomic mass is 10.2. The van der Waals surface area contributed by atoms with Crippen LogP contribution < -0.4 is 0 Å². The minimum absolute atomic E-state index is 0.500. The average Bonchev–Trinajstić information content (AvgIpc) is 2.14. The van der Waals surface area contributed by atoms with Crippen molar-refractivity contribution in [3.63, 3.8) is 0 Å². The molecule has 0 N–H and O–H groups in total. The summed E-state index contributed by atoms with van der Waals surface area (Å²) in [5.74, 6) is 0. The van der Waals surface area contributed by atoms with Gasteiger partial charge < -0.3 is 0 Å². The van der Waals surface area contributed by atoms with Gasteiger partial charge in [0.2, 0.25) is 0 Å². The molecule has 48 valence electrons. The molecule has 1 atom stereocenters. The zero-order valence-corrected chi connectivity index (χ0v) is 5.55. The number of hydrogen-bond acceptors (Lipinski definition) is 2. The highest BCUT2D eigenvalue weighted by molar-refractivity contribution is 4.61. The lowest BCUT2D eigenvalue weighted by Crippen LogP contribution is -2.12. The van der Waals surface area contributed by atoms with Crippen molar-refractivity contribution >= 4 is 0 Å². The zero-order valence-electron chi connectivity index (χ0n) is 5.55. The molecule has 8 heavy (non-hydrogen) atoms. The Balaban J connectivity index is 2.22. The molecule has 0 radical (unpaired) electrons. The molecule has 0 bridgehead atoms. The van der Waals surface area contributed by atoms with Gasteiger partial charge in [0.05, 0.1) is 6.10 Å². The van der Waals surface area contributed by atoms with Gasteiger partial charge in [-0.2, -0.15) is 5.06 Å². The lowest BCUT2D eigenvalue weighted by molar-refractivity contribution is -0.126. The summed E-state index contributed by atoms with van der Waals surface area (Å²) in [5.41, 5.74) is 0. The predicted octanol–water partition coefficient (Wildman–Crippen LogP) is 1.03. The van der Waals surface area contributed by atoms with Gasteiger partial charge in [0.25, 0.3) is 0 Å². The second-order valence-corrected chi connectivity index (χ2v) is 2.28. The first-order valence-electron chi connectivity index (χ1n) is 3.21. The maximum atomic E-state index is 5.34. The summed E-state index contributed by atoms with van der Waals surface area (Å²) in [7, 11) is 1.98. The van der Waals surface area contributed by atoms with E-state index in [2.05, 4.69) is 6.92 Å². The normalized spacial score (nSPS) is 31.5. The van der Waals surface area contributed by atoms with Gasteiger partial charge in [-0.25, -0.2) is 0 Å². The number of hydroxylamine groups is 2. The predicted molar refractivity (Wildman–Crippen MR) is 32.4 cm³/mol. The highest BCUT2D eigenvalue weighted by atomic mass is 16.7. The van der Waals surface area contributed by atoms with Gasteiger partial charge in [0.15, 0.2) is 0 Å². The van der Waals surface area contributed by atoms with Crippen molar-refractivity contribution in [3.05, 3.63) is 0 Å². The van der Waals surface area contributed by atoms with Gasteiger partial charge in [0.1, 0.15) is 0 Å². The summed E-state index contributed by atoms with van der Waals surface area (Å²) < 4.78 is 0. The van der Waals surface area contributed by atoms with E-state index in [9.17, 15) is 0 Å². The van der Waals surface area contributed by atoms with Gasteiger partial charge in [-0.1, -0.05) is 6.92 Å². The van der Waals surface area contributed by atoms with Gasteiger partial charge in [0, 0.05) is 13.6 Å². The molecule has 1 saturated heterocycles. The summed E-state index contributed by atoms with van der Waals surface area (Å²) in [6.45, 7) is 3.25. The van der Waals surface area contributed by atoms with Gasteiger partial charge in [-0.3, -0.25) is 4.84 Å². The molecule has 0 amide bonds. The molecule has 1 aliphatic heterocycles. The van der Waals surface area contributed by atoms with Gasteiger partial charge >= 0.3 is 0 Å². The molecule has 0 aliphatic carbocycles. The molecule has 0 aromatic rings. The third-order valence-electron chi connectivity index (χ3n) is 1.55. The topological polar surface area (TPSA) is 12.5 Å². The SMILES string of the molecule is CCC1CCN(C)O1. The van der Waals surface area contributed by atoms with E-state index in [0.717, 1.165) is 13.0 Å². The third kappa shape index (κ3) is 1.20. The molecule has 1 rings (SSSR count). The summed E-state index contributed by atoms with van der Waals surface area (Å²) >= 11 is 0. The van der Waals surface area contributed by atoms with Crippen LogP contribution in [0.4, 0.5) is 0 Å². The van der Waals surface area contributed by atoms with Crippen molar-refractivity contribution in [2.45, 2.75) is 25.9 Å². The largest absolute Gasteiger partial charge is 0.296 e. The van der Waals surface area contributed by atoms with Crippen LogP contribution >= 0.6 is 0 Å². The molecule has 0 saturated carbocycles. The third-order valence-corrected chi connectivity index (χ3v) is 1.55. The van der Waals surface area contributed by atoms with Crippen LogP contribution in [-0.2, 0) is 4.84 Å². The molecule has 0 spiro atoms. The van der Waals surface area contributed by atoms with Crippen LogP contribution in [0.3, 0.4) is 0 Å². The second kappa shape index (κ2) is 2.46. The maximum absolute atomic E-state index is 5.34. The highest BCUT2D eigenvalue weighted by Gasteiger charge is 2.17. The maximum Gasteiger partial charge on any atom is 0.0803 e. The van der Waals surface area contributed by atoms with Crippen molar-refractivity contribution in [3.8, 4) is 0 Å². The van der Waals surface area contributed by atoms with Crippen LogP contribution in [0.5, 0.6) is 0 Å².